The molecule has 0 aliphatic rings. The lowest BCUT2D eigenvalue weighted by atomic mass is 10.1. The second kappa shape index (κ2) is 5.28. The minimum absolute atomic E-state index is 0.251. The zero-order valence-corrected chi connectivity index (χ0v) is 12.6. The molecule has 0 bridgehead atoms. The molecule has 0 radical (unpaired) electrons. The summed E-state index contributed by atoms with van der Waals surface area (Å²) in [4.78, 5) is 19.6. The number of imidazole rings is 1. The number of aromatic nitrogens is 3. The van der Waals surface area contributed by atoms with Crippen LogP contribution in [-0.2, 0) is 11.3 Å². The predicted molar refractivity (Wildman–Crippen MR) is 87.3 cm³/mol. The summed E-state index contributed by atoms with van der Waals surface area (Å²) in [5.41, 5.74) is 4.37. The summed E-state index contributed by atoms with van der Waals surface area (Å²) in [5.74, 6) is -0.327. The highest BCUT2D eigenvalue weighted by Crippen LogP contribution is 2.17. The van der Waals surface area contributed by atoms with Crippen molar-refractivity contribution in [2.45, 2.75) is 13.5 Å². The van der Waals surface area contributed by atoms with Crippen molar-refractivity contribution in [3.8, 4) is 0 Å². The first-order valence-corrected chi connectivity index (χ1v) is 7.37. The third-order valence-electron chi connectivity index (χ3n) is 4.05. The second-order valence-corrected chi connectivity index (χ2v) is 5.50. The number of carbonyl (C=O) groups excluding carboxylic acids is 1. The van der Waals surface area contributed by atoms with Gasteiger partial charge >= 0.3 is 5.97 Å². The number of nitrogens with one attached hydrogen (secondary N) is 1. The maximum Gasteiger partial charge on any atom is 0.340 e. The summed E-state index contributed by atoms with van der Waals surface area (Å²) in [7, 11) is 0. The number of aryl methyl sites for hydroxylation is 1. The first-order chi connectivity index (χ1) is 11.2. The molecule has 114 valence electrons. The molecule has 3 aromatic heterocycles. The van der Waals surface area contributed by atoms with Crippen LogP contribution in [0.15, 0.2) is 55.1 Å². The van der Waals surface area contributed by atoms with Crippen molar-refractivity contribution in [3.63, 3.8) is 0 Å². The van der Waals surface area contributed by atoms with E-state index in [1.807, 2.05) is 47.9 Å². The van der Waals surface area contributed by atoms with Gasteiger partial charge in [-0.15, -0.1) is 0 Å². The summed E-state index contributed by atoms with van der Waals surface area (Å²) in [5, 5.41) is 1.11. The average molecular weight is 305 g/mol. The van der Waals surface area contributed by atoms with Crippen molar-refractivity contribution < 1.29 is 9.53 Å². The molecular weight excluding hydrogens is 290 g/mol. The Hall–Kier alpha value is -3.08. The van der Waals surface area contributed by atoms with Crippen LogP contribution in [0.2, 0.25) is 0 Å². The lowest BCUT2D eigenvalue weighted by Gasteiger charge is -2.09. The number of aromatic amines is 1. The highest BCUT2D eigenvalue weighted by molar-refractivity contribution is 5.91. The molecule has 3 heterocycles. The maximum absolute atomic E-state index is 12.4. The SMILES string of the molecule is Cc1c(C(=O)OCc2ccc3[nH]ccc3c2)ccc2cncn12. The molecule has 0 fully saturated rings. The Labute approximate surface area is 132 Å². The van der Waals surface area contributed by atoms with Crippen molar-refractivity contribution in [2.75, 3.05) is 0 Å². The maximum atomic E-state index is 12.4. The highest BCUT2D eigenvalue weighted by Gasteiger charge is 2.13. The summed E-state index contributed by atoms with van der Waals surface area (Å²) in [6.07, 6.45) is 5.35. The summed E-state index contributed by atoms with van der Waals surface area (Å²) in [6, 6.07) is 11.6. The number of hydrogen-bond acceptors (Lipinski definition) is 3. The first-order valence-electron chi connectivity index (χ1n) is 7.37. The van der Waals surface area contributed by atoms with Crippen molar-refractivity contribution in [2.24, 2.45) is 0 Å². The van der Waals surface area contributed by atoms with Gasteiger partial charge in [0.1, 0.15) is 6.61 Å². The van der Waals surface area contributed by atoms with Gasteiger partial charge in [0.25, 0.3) is 0 Å². The zero-order chi connectivity index (χ0) is 15.8. The van der Waals surface area contributed by atoms with Crippen LogP contribution >= 0.6 is 0 Å². The van der Waals surface area contributed by atoms with Gasteiger partial charge in [-0.25, -0.2) is 9.78 Å². The molecule has 23 heavy (non-hydrogen) atoms. The minimum atomic E-state index is -0.327. The molecule has 4 aromatic rings. The van der Waals surface area contributed by atoms with E-state index in [4.69, 9.17) is 4.74 Å². The Morgan fingerprint density at radius 3 is 3.09 bits per heavy atom. The van der Waals surface area contributed by atoms with E-state index in [1.165, 1.54) is 0 Å². The lowest BCUT2D eigenvalue weighted by Crippen LogP contribution is -2.09. The molecular formula is C18H15N3O2. The molecule has 0 atom stereocenters. The fourth-order valence-corrected chi connectivity index (χ4v) is 2.76. The van der Waals surface area contributed by atoms with E-state index in [-0.39, 0.29) is 12.6 Å². The molecule has 0 aliphatic carbocycles. The van der Waals surface area contributed by atoms with Crippen LogP contribution < -0.4 is 0 Å². The predicted octanol–water partition coefficient (Wildman–Crippen LogP) is 3.48. The van der Waals surface area contributed by atoms with Gasteiger partial charge in [0.15, 0.2) is 0 Å². The fourth-order valence-electron chi connectivity index (χ4n) is 2.76. The number of hydrogen-bond donors (Lipinski definition) is 1. The number of pyridine rings is 1. The number of H-pyrrole nitrogens is 1. The number of esters is 1. The van der Waals surface area contributed by atoms with E-state index in [0.29, 0.717) is 5.56 Å². The van der Waals surface area contributed by atoms with Gasteiger partial charge in [0, 0.05) is 17.4 Å². The summed E-state index contributed by atoms with van der Waals surface area (Å²) in [6.45, 7) is 2.14. The van der Waals surface area contributed by atoms with Gasteiger partial charge in [-0.1, -0.05) is 6.07 Å². The third kappa shape index (κ3) is 2.36. The largest absolute Gasteiger partial charge is 0.457 e. The number of ether oxygens (including phenoxy) is 1. The Morgan fingerprint density at radius 2 is 2.17 bits per heavy atom. The summed E-state index contributed by atoms with van der Waals surface area (Å²) < 4.78 is 7.34. The van der Waals surface area contributed by atoms with Gasteiger partial charge in [0.05, 0.1) is 23.6 Å². The number of benzene rings is 1. The quantitative estimate of drug-likeness (QED) is 0.589. The van der Waals surface area contributed by atoms with Crippen molar-refractivity contribution in [1.29, 1.82) is 0 Å². The van der Waals surface area contributed by atoms with Gasteiger partial charge in [0.2, 0.25) is 0 Å². The van der Waals surface area contributed by atoms with Crippen LogP contribution in [0, 0.1) is 6.92 Å². The molecule has 0 saturated heterocycles. The molecule has 5 nitrogen and oxygen atoms in total. The number of fused-ring (bicyclic) bond motifs is 2. The molecule has 4 rings (SSSR count). The van der Waals surface area contributed by atoms with Gasteiger partial charge in [-0.2, -0.15) is 0 Å². The van der Waals surface area contributed by atoms with Crippen LogP contribution in [0.25, 0.3) is 16.4 Å². The molecule has 5 heteroatoms. The van der Waals surface area contributed by atoms with Crippen molar-refractivity contribution in [3.05, 3.63) is 71.9 Å². The minimum Gasteiger partial charge on any atom is -0.457 e. The van der Waals surface area contributed by atoms with Crippen molar-refractivity contribution in [1.82, 2.24) is 14.4 Å². The first kappa shape index (κ1) is 13.6. The van der Waals surface area contributed by atoms with Crippen LogP contribution in [0.4, 0.5) is 0 Å². The van der Waals surface area contributed by atoms with Gasteiger partial charge in [-0.05, 0) is 48.2 Å². The molecule has 0 aliphatic heterocycles. The van der Waals surface area contributed by atoms with E-state index in [2.05, 4.69) is 9.97 Å². The van der Waals surface area contributed by atoms with E-state index in [1.54, 1.807) is 18.6 Å². The van der Waals surface area contributed by atoms with Crippen LogP contribution in [0.1, 0.15) is 21.6 Å². The smallest absolute Gasteiger partial charge is 0.340 e. The monoisotopic (exact) mass is 305 g/mol. The molecule has 0 unspecified atom stereocenters. The molecule has 0 saturated carbocycles. The number of rotatable bonds is 3. The van der Waals surface area contributed by atoms with Gasteiger partial charge in [-0.3, -0.25) is 0 Å². The van der Waals surface area contributed by atoms with Crippen molar-refractivity contribution >= 4 is 22.4 Å². The fraction of sp³-hybridized carbons (Fsp3) is 0.111. The Balaban J connectivity index is 1.55. The number of carbonyl (C=O) groups is 1. The average Bonchev–Trinajstić information content (AvgIpc) is 3.21. The van der Waals surface area contributed by atoms with Gasteiger partial charge < -0.3 is 14.1 Å². The van der Waals surface area contributed by atoms with E-state index in [0.717, 1.165) is 27.7 Å². The van der Waals surface area contributed by atoms with Crippen LogP contribution in [-0.4, -0.2) is 20.3 Å². The zero-order valence-electron chi connectivity index (χ0n) is 12.6. The normalized spacial score (nSPS) is 11.2. The van der Waals surface area contributed by atoms with E-state index < -0.39 is 0 Å². The van der Waals surface area contributed by atoms with Crippen LogP contribution in [0.5, 0.6) is 0 Å². The molecule has 1 aromatic carbocycles. The molecule has 0 amide bonds. The number of nitrogens with zero attached hydrogens (tertiary/aromatic N) is 2. The van der Waals surface area contributed by atoms with Crippen LogP contribution in [0.3, 0.4) is 0 Å². The molecule has 1 N–H and O–H groups in total. The Bertz CT molecular complexity index is 1010. The summed E-state index contributed by atoms with van der Waals surface area (Å²) >= 11 is 0. The third-order valence-corrected chi connectivity index (χ3v) is 4.05. The van der Waals surface area contributed by atoms with E-state index >= 15 is 0 Å². The Kier molecular flexibility index (Phi) is 3.12. The molecule has 0 spiro atoms. The van der Waals surface area contributed by atoms with E-state index in [9.17, 15) is 4.79 Å². The topological polar surface area (TPSA) is 59.4 Å². The Morgan fingerprint density at radius 1 is 1.26 bits per heavy atom. The standard InChI is InChI=1S/C18H15N3O2/c1-12-16(4-3-15-9-19-11-21(12)15)18(22)23-10-13-2-5-17-14(8-13)6-7-20-17/h2-9,11,20H,10H2,1H3. The highest BCUT2D eigenvalue weighted by atomic mass is 16.5. The lowest BCUT2D eigenvalue weighted by molar-refractivity contribution is 0.0471. The second-order valence-electron chi connectivity index (χ2n) is 5.50.